The first-order valence-electron chi connectivity index (χ1n) is 6.18. The Hall–Kier alpha value is -1.72. The highest BCUT2D eigenvalue weighted by molar-refractivity contribution is 7.14. The predicted molar refractivity (Wildman–Crippen MR) is 78.5 cm³/mol. The van der Waals surface area contributed by atoms with E-state index in [9.17, 15) is 4.79 Å². The van der Waals surface area contributed by atoms with Crippen LogP contribution in [0.3, 0.4) is 0 Å². The molecule has 19 heavy (non-hydrogen) atoms. The molecule has 0 spiro atoms. The summed E-state index contributed by atoms with van der Waals surface area (Å²) in [5.74, 6) is -0.0558. The van der Waals surface area contributed by atoms with E-state index in [1.165, 1.54) is 11.3 Å². The number of nitrogens with zero attached hydrogens (tertiary/aromatic N) is 1. The van der Waals surface area contributed by atoms with Gasteiger partial charge in [-0.2, -0.15) is 0 Å². The Labute approximate surface area is 116 Å². The molecule has 0 unspecified atom stereocenters. The van der Waals surface area contributed by atoms with Crippen LogP contribution in [0.2, 0.25) is 0 Å². The molecule has 4 nitrogen and oxygen atoms in total. The van der Waals surface area contributed by atoms with Gasteiger partial charge in [-0.1, -0.05) is 30.3 Å². The molecule has 1 heterocycles. The quantitative estimate of drug-likeness (QED) is 0.821. The lowest BCUT2D eigenvalue weighted by Gasteiger charge is -2.04. The third kappa shape index (κ3) is 3.39. The largest absolute Gasteiger partial charge is 0.350 e. The monoisotopic (exact) mass is 275 g/mol. The Balaban J connectivity index is 2.24. The Morgan fingerprint density at radius 2 is 2.00 bits per heavy atom. The highest BCUT2D eigenvalue weighted by atomic mass is 32.1. The number of amides is 1. The molecular formula is C14H17N3OS. The lowest BCUT2D eigenvalue weighted by atomic mass is 10.1. The Morgan fingerprint density at radius 1 is 1.26 bits per heavy atom. The molecule has 2 aromatic rings. The van der Waals surface area contributed by atoms with Crippen LogP contribution in [0.5, 0.6) is 0 Å². The van der Waals surface area contributed by atoms with E-state index in [4.69, 9.17) is 0 Å². The number of hydrogen-bond donors (Lipinski definition) is 2. The van der Waals surface area contributed by atoms with E-state index in [1.807, 2.05) is 44.3 Å². The van der Waals surface area contributed by atoms with Crippen molar-refractivity contribution in [1.82, 2.24) is 15.6 Å². The molecule has 0 saturated carbocycles. The number of hydrogen-bond acceptors (Lipinski definition) is 4. The molecule has 100 valence electrons. The highest BCUT2D eigenvalue weighted by Gasteiger charge is 2.17. The maximum atomic E-state index is 12.2. The van der Waals surface area contributed by atoms with Crippen molar-refractivity contribution in [3.63, 3.8) is 0 Å². The molecule has 0 aliphatic rings. The van der Waals surface area contributed by atoms with E-state index < -0.39 is 0 Å². The number of rotatable bonds is 5. The van der Waals surface area contributed by atoms with Crippen LogP contribution in [0.4, 0.5) is 0 Å². The summed E-state index contributed by atoms with van der Waals surface area (Å²) in [6.45, 7) is 3.28. The average molecular weight is 275 g/mol. The van der Waals surface area contributed by atoms with E-state index in [0.717, 1.165) is 22.8 Å². The van der Waals surface area contributed by atoms with Gasteiger partial charge in [0.2, 0.25) is 0 Å². The van der Waals surface area contributed by atoms with Crippen molar-refractivity contribution in [2.24, 2.45) is 0 Å². The third-order valence-corrected chi connectivity index (χ3v) is 3.62. The first kappa shape index (κ1) is 13.7. The number of likely N-dealkylation sites (N-methyl/N-ethyl adjacent to an activating group) is 1. The maximum absolute atomic E-state index is 12.2. The molecule has 2 rings (SSSR count). The fourth-order valence-electron chi connectivity index (χ4n) is 1.75. The average Bonchev–Trinajstić information content (AvgIpc) is 2.82. The zero-order chi connectivity index (χ0) is 13.7. The molecule has 0 saturated heterocycles. The molecular weight excluding hydrogens is 258 g/mol. The maximum Gasteiger partial charge on any atom is 0.263 e. The minimum atomic E-state index is -0.0558. The predicted octanol–water partition coefficient (Wildman–Crippen LogP) is 2.07. The molecule has 0 bridgehead atoms. The smallest absolute Gasteiger partial charge is 0.263 e. The van der Waals surface area contributed by atoms with Crippen LogP contribution in [0.15, 0.2) is 30.3 Å². The molecule has 0 aliphatic heterocycles. The molecule has 0 radical (unpaired) electrons. The van der Waals surface area contributed by atoms with Crippen LogP contribution in [0.1, 0.15) is 14.7 Å². The van der Waals surface area contributed by atoms with Gasteiger partial charge in [0.05, 0.1) is 10.7 Å². The van der Waals surface area contributed by atoms with Crippen LogP contribution in [0.25, 0.3) is 11.3 Å². The minimum absolute atomic E-state index is 0.0558. The molecule has 1 aromatic heterocycles. The van der Waals surface area contributed by atoms with Crippen molar-refractivity contribution >= 4 is 17.2 Å². The highest BCUT2D eigenvalue weighted by Crippen LogP contribution is 2.27. The molecule has 0 aliphatic carbocycles. The van der Waals surface area contributed by atoms with Gasteiger partial charge in [0.1, 0.15) is 4.88 Å². The Morgan fingerprint density at radius 3 is 2.68 bits per heavy atom. The van der Waals surface area contributed by atoms with Gasteiger partial charge < -0.3 is 10.6 Å². The third-order valence-electron chi connectivity index (χ3n) is 2.65. The van der Waals surface area contributed by atoms with Crippen molar-refractivity contribution in [1.29, 1.82) is 0 Å². The summed E-state index contributed by atoms with van der Waals surface area (Å²) >= 11 is 1.43. The first-order valence-corrected chi connectivity index (χ1v) is 6.99. The molecule has 1 amide bonds. The van der Waals surface area contributed by atoms with Crippen molar-refractivity contribution < 1.29 is 4.79 Å². The Bertz CT molecular complexity index is 551. The molecule has 0 atom stereocenters. The summed E-state index contributed by atoms with van der Waals surface area (Å²) in [6, 6.07) is 9.80. The summed E-state index contributed by atoms with van der Waals surface area (Å²) in [5, 5.41) is 6.79. The summed E-state index contributed by atoms with van der Waals surface area (Å²) in [6.07, 6.45) is 0. The van der Waals surface area contributed by atoms with Crippen molar-refractivity contribution in [2.45, 2.75) is 6.92 Å². The lowest BCUT2D eigenvalue weighted by molar-refractivity contribution is 0.0958. The van der Waals surface area contributed by atoms with Gasteiger partial charge >= 0.3 is 0 Å². The summed E-state index contributed by atoms with van der Waals surface area (Å²) in [7, 11) is 1.86. The van der Waals surface area contributed by atoms with E-state index in [-0.39, 0.29) is 5.91 Å². The normalized spacial score (nSPS) is 10.4. The van der Waals surface area contributed by atoms with E-state index in [2.05, 4.69) is 15.6 Å². The number of carbonyl (C=O) groups is 1. The van der Waals surface area contributed by atoms with Gasteiger partial charge in [-0.05, 0) is 14.0 Å². The van der Waals surface area contributed by atoms with Gasteiger partial charge in [-0.3, -0.25) is 4.79 Å². The Kier molecular flexibility index (Phi) is 4.65. The molecule has 1 aromatic carbocycles. The van der Waals surface area contributed by atoms with Crippen molar-refractivity contribution in [3.8, 4) is 11.3 Å². The van der Waals surface area contributed by atoms with Gasteiger partial charge in [-0.15, -0.1) is 11.3 Å². The fraction of sp³-hybridized carbons (Fsp3) is 0.286. The fourth-order valence-corrected chi connectivity index (χ4v) is 2.61. The van der Waals surface area contributed by atoms with Crippen LogP contribution >= 0.6 is 11.3 Å². The minimum Gasteiger partial charge on any atom is -0.350 e. The van der Waals surface area contributed by atoms with Crippen LogP contribution in [0, 0.1) is 6.92 Å². The number of carbonyl (C=O) groups excluding carboxylic acids is 1. The van der Waals surface area contributed by atoms with Crippen LogP contribution in [-0.4, -0.2) is 31.0 Å². The summed E-state index contributed by atoms with van der Waals surface area (Å²) < 4.78 is 0. The van der Waals surface area contributed by atoms with E-state index >= 15 is 0 Å². The summed E-state index contributed by atoms with van der Waals surface area (Å²) in [4.78, 5) is 17.3. The number of benzene rings is 1. The number of thiazole rings is 1. The van der Waals surface area contributed by atoms with Crippen molar-refractivity contribution in [2.75, 3.05) is 20.1 Å². The number of aryl methyl sites for hydroxylation is 1. The van der Waals surface area contributed by atoms with Gasteiger partial charge in [0.25, 0.3) is 5.91 Å². The lowest BCUT2D eigenvalue weighted by Crippen LogP contribution is -2.30. The second-order valence-electron chi connectivity index (χ2n) is 4.14. The topological polar surface area (TPSA) is 54.0 Å². The number of nitrogens with one attached hydrogen (secondary N) is 2. The van der Waals surface area contributed by atoms with Gasteiger partial charge in [0.15, 0.2) is 0 Å². The second kappa shape index (κ2) is 6.45. The zero-order valence-electron chi connectivity index (χ0n) is 11.1. The first-order chi connectivity index (χ1) is 9.22. The molecule has 2 N–H and O–H groups in total. The molecule has 5 heteroatoms. The van der Waals surface area contributed by atoms with Gasteiger partial charge in [-0.25, -0.2) is 4.98 Å². The van der Waals surface area contributed by atoms with E-state index in [1.54, 1.807) is 0 Å². The van der Waals surface area contributed by atoms with Crippen molar-refractivity contribution in [3.05, 3.63) is 40.2 Å². The summed E-state index contributed by atoms with van der Waals surface area (Å²) in [5.41, 5.74) is 1.75. The standard InChI is InChI=1S/C14H17N3OS/c1-10-17-12(11-6-4-3-5-7-11)13(19-10)14(18)16-9-8-15-2/h3-7,15H,8-9H2,1-2H3,(H,16,18). The van der Waals surface area contributed by atoms with Crippen LogP contribution in [-0.2, 0) is 0 Å². The van der Waals surface area contributed by atoms with Gasteiger partial charge in [0, 0.05) is 18.7 Å². The van der Waals surface area contributed by atoms with Crippen LogP contribution < -0.4 is 10.6 Å². The zero-order valence-corrected chi connectivity index (χ0v) is 11.9. The molecule has 0 fully saturated rings. The number of aromatic nitrogens is 1. The SMILES string of the molecule is CNCCNC(=O)c1sc(C)nc1-c1ccccc1. The second-order valence-corrected chi connectivity index (χ2v) is 5.34. The van der Waals surface area contributed by atoms with E-state index in [0.29, 0.717) is 11.4 Å².